The van der Waals surface area contributed by atoms with E-state index in [-0.39, 0.29) is 0 Å². The minimum Gasteiger partial charge on any atom is -0.225 e. The molecular weight excluding hydrogens is 1280 g/mol. The second kappa shape index (κ2) is 21.9. The molecule has 0 radical (unpaired) electrons. The molecule has 314 valence electrons. The molecule has 0 amide bonds. The van der Waals surface area contributed by atoms with E-state index < -0.39 is 36.4 Å². The maximum atomic E-state index is 17.0. The van der Waals surface area contributed by atoms with Gasteiger partial charge < -0.3 is 0 Å². The van der Waals surface area contributed by atoms with Gasteiger partial charge in [-0.3, -0.25) is 0 Å². The van der Waals surface area contributed by atoms with Crippen LogP contribution < -0.4 is 0 Å². The summed E-state index contributed by atoms with van der Waals surface area (Å²) in [5, 5.41) is 2.59. The average molecular weight is 1320 g/mol. The third-order valence-corrected chi connectivity index (χ3v) is 27.6. The molecule has 6 rings (SSSR count). The number of benzene rings is 6. The van der Waals surface area contributed by atoms with Crippen LogP contribution >= 0.6 is 164 Å². The molecule has 6 aromatic carbocycles. The quantitative estimate of drug-likeness (QED) is 0.0635. The Morgan fingerprint density at radius 3 is 0.644 bits per heavy atom. The zero-order valence-corrected chi connectivity index (χ0v) is 45.9. The monoisotopic (exact) mass is 1310 g/mol. The molecule has 0 aliphatic carbocycles. The van der Waals surface area contributed by atoms with E-state index in [0.717, 1.165) is 33.4 Å². The van der Waals surface area contributed by atoms with Gasteiger partial charge in [0.1, 0.15) is 0 Å². The van der Waals surface area contributed by atoms with Gasteiger partial charge >= 0.3 is 7.82 Å². The van der Waals surface area contributed by atoms with Crippen LogP contribution in [0.4, 0.5) is 0 Å². The van der Waals surface area contributed by atoms with Crippen molar-refractivity contribution in [1.29, 1.82) is 0 Å². The number of alkyl halides is 6. The largest absolute Gasteiger partial charge is 0.508 e. The van der Waals surface area contributed by atoms with Crippen molar-refractivity contribution in [3.8, 4) is 0 Å². The van der Waals surface area contributed by atoms with E-state index in [1.807, 2.05) is 146 Å². The topological polar surface area (TPSA) is 44.8 Å². The Kier molecular flexibility index (Phi) is 18.1. The van der Waals surface area contributed by atoms with Gasteiger partial charge in [-0.1, -0.05) is 205 Å². The van der Waals surface area contributed by atoms with Crippen LogP contribution in [-0.4, -0.2) is 0 Å². The maximum Gasteiger partial charge on any atom is 0.508 e. The van der Waals surface area contributed by atoms with Crippen LogP contribution in [-0.2, 0) is 48.5 Å². The van der Waals surface area contributed by atoms with Gasteiger partial charge in [0.05, 0.1) is 0 Å². The Labute approximate surface area is 415 Å². The number of halogens is 9. The molecule has 0 aliphatic heterocycles. The molecule has 4 nitrogen and oxygen atoms in total. The molecule has 0 N–H and O–H groups in total. The van der Waals surface area contributed by atoms with Crippen LogP contribution in [0.2, 0.25) is 0 Å². The zero-order valence-electron chi connectivity index (χ0n) is 30.8. The molecule has 0 atom stereocenters. The Morgan fingerprint density at radius 2 is 0.492 bits per heavy atom. The minimum absolute atomic E-state index is 0.431. The maximum absolute atomic E-state index is 17.0. The van der Waals surface area contributed by atoms with Gasteiger partial charge in [-0.05, 0) is 102 Å². The lowest BCUT2D eigenvalue weighted by Gasteiger charge is -2.44. The molecule has 0 aliphatic rings. The molecular formula is C42H36Br6Cl3O4PS3. The summed E-state index contributed by atoms with van der Waals surface area (Å²) in [4.78, 5) is 3.63. The lowest BCUT2D eigenvalue weighted by atomic mass is 10.2. The SMILES string of the molecule is O=P(OS(Cl)(c1ccccc1CBr)c1ccccc1CBr)(OS(Cl)(c1ccccc1CBr)c1ccccc1CBr)OS(Cl)(c1ccccc1CBr)c1ccccc1CBr. The van der Waals surface area contributed by atoms with Gasteiger partial charge in [0, 0.05) is 89.9 Å². The summed E-state index contributed by atoms with van der Waals surface area (Å²) >= 11 is 22.1. The van der Waals surface area contributed by atoms with Crippen molar-refractivity contribution in [3.05, 3.63) is 179 Å². The summed E-state index contributed by atoms with van der Waals surface area (Å²) in [6.07, 6.45) is 0. The Hall–Kier alpha value is 0.230. The van der Waals surface area contributed by atoms with Crippen LogP contribution in [0.3, 0.4) is 0 Å². The van der Waals surface area contributed by atoms with Crippen LogP contribution in [0.1, 0.15) is 33.4 Å². The van der Waals surface area contributed by atoms with Crippen LogP contribution in [0, 0.1) is 0 Å². The van der Waals surface area contributed by atoms with E-state index >= 15 is 4.57 Å². The molecule has 0 aromatic heterocycles. The first-order valence-corrected chi connectivity index (χ1v) is 32.9. The second-order valence-electron chi connectivity index (χ2n) is 12.6. The van der Waals surface area contributed by atoms with Crippen LogP contribution in [0.15, 0.2) is 175 Å². The minimum atomic E-state index is -5.14. The van der Waals surface area contributed by atoms with Crippen LogP contribution in [0.5, 0.6) is 0 Å². The summed E-state index contributed by atoms with van der Waals surface area (Å²) in [6.45, 7) is 0. The molecule has 0 spiro atoms. The van der Waals surface area contributed by atoms with Gasteiger partial charge in [-0.25, -0.2) is 16.5 Å². The van der Waals surface area contributed by atoms with E-state index in [9.17, 15) is 0 Å². The predicted octanol–water partition coefficient (Wildman–Crippen LogP) is 19.5. The highest BCUT2D eigenvalue weighted by molar-refractivity contribution is 9.09. The van der Waals surface area contributed by atoms with E-state index in [1.54, 1.807) is 0 Å². The molecule has 6 aromatic rings. The molecule has 17 heteroatoms. The fourth-order valence-corrected chi connectivity index (χ4v) is 25.9. The summed E-state index contributed by atoms with van der Waals surface area (Å²) in [6, 6.07) is 45.8. The molecule has 0 saturated heterocycles. The molecule has 0 unspecified atom stereocenters. The van der Waals surface area contributed by atoms with E-state index in [1.165, 1.54) is 0 Å². The van der Waals surface area contributed by atoms with Crippen molar-refractivity contribution >= 4 is 164 Å². The zero-order chi connectivity index (χ0) is 42.3. The van der Waals surface area contributed by atoms with Crippen molar-refractivity contribution in [1.82, 2.24) is 0 Å². The van der Waals surface area contributed by atoms with Crippen molar-refractivity contribution in [3.63, 3.8) is 0 Å². The lowest BCUT2D eigenvalue weighted by molar-refractivity contribution is 0.339. The number of hydrogen-bond acceptors (Lipinski definition) is 4. The summed E-state index contributed by atoms with van der Waals surface area (Å²) in [5.41, 5.74) is 4.95. The molecule has 0 fully saturated rings. The second-order valence-corrected chi connectivity index (χ2v) is 28.1. The first kappa shape index (κ1) is 48.7. The predicted molar refractivity (Wildman–Crippen MR) is 275 cm³/mol. The summed E-state index contributed by atoms with van der Waals surface area (Å²) in [5.74, 6) is 0. The summed E-state index contributed by atoms with van der Waals surface area (Å²) < 4.78 is 38.6. The van der Waals surface area contributed by atoms with Gasteiger partial charge in [0.2, 0.25) is 0 Å². The van der Waals surface area contributed by atoms with E-state index in [2.05, 4.69) is 95.6 Å². The highest BCUT2D eigenvalue weighted by atomic mass is 79.9. The molecule has 0 saturated carbocycles. The Morgan fingerprint density at radius 1 is 0.339 bits per heavy atom. The Bertz CT molecular complexity index is 2050. The normalized spacial score (nSPS) is 13.3. The van der Waals surface area contributed by atoms with Crippen molar-refractivity contribution < 1.29 is 16.5 Å². The van der Waals surface area contributed by atoms with Crippen molar-refractivity contribution in [2.45, 2.75) is 61.4 Å². The first-order chi connectivity index (χ1) is 28.4. The number of hydrogen-bond donors (Lipinski definition) is 0. The standard InChI is InChI=1S/C42H36Br6Cl3O4PS3/c43-25-31-13-1-7-19-37(31)57(49,38-20-8-2-14-32(38)26-44)53-56(52,54-58(50,39-21-9-3-15-33(39)27-45)40-22-10-4-16-34(40)28-46)55-59(51,41-23-11-5-17-35(41)29-47)42-24-12-6-18-36(42)30-48/h1-24H,25-30H2. The molecule has 0 heterocycles. The molecule has 0 bridgehead atoms. The molecule has 59 heavy (non-hydrogen) atoms. The fourth-order valence-electron chi connectivity index (χ4n) is 6.23. The smallest absolute Gasteiger partial charge is 0.225 e. The van der Waals surface area contributed by atoms with Gasteiger partial charge in [0.15, 0.2) is 0 Å². The average Bonchev–Trinajstić information content (AvgIpc) is 3.28. The van der Waals surface area contributed by atoms with E-state index in [4.69, 9.17) is 44.0 Å². The van der Waals surface area contributed by atoms with E-state index in [0.29, 0.717) is 61.4 Å². The number of rotatable bonds is 18. The lowest BCUT2D eigenvalue weighted by Crippen LogP contribution is -2.12. The van der Waals surface area contributed by atoms with Gasteiger partial charge in [-0.2, -0.15) is 0 Å². The third kappa shape index (κ3) is 10.5. The van der Waals surface area contributed by atoms with Gasteiger partial charge in [-0.15, -0.1) is 0 Å². The highest BCUT2D eigenvalue weighted by Crippen LogP contribution is 2.88. The van der Waals surface area contributed by atoms with Crippen molar-refractivity contribution in [2.75, 3.05) is 0 Å². The fraction of sp³-hybridized carbons (Fsp3) is 0.143. The van der Waals surface area contributed by atoms with Crippen LogP contribution in [0.25, 0.3) is 0 Å². The highest BCUT2D eigenvalue weighted by Gasteiger charge is 2.52. The Balaban J connectivity index is 1.73. The number of phosphoric acid groups is 1. The first-order valence-electron chi connectivity index (χ1n) is 17.6. The third-order valence-electron chi connectivity index (χ3n) is 8.98. The summed E-state index contributed by atoms with van der Waals surface area (Å²) in [7, 11) is 9.28. The van der Waals surface area contributed by atoms with Crippen molar-refractivity contribution in [2.24, 2.45) is 0 Å². The van der Waals surface area contributed by atoms with Gasteiger partial charge in [0.25, 0.3) is 0 Å².